The fourth-order valence-electron chi connectivity index (χ4n) is 1.62. The molecule has 0 amide bonds. The molecule has 3 atom stereocenters. The minimum atomic E-state index is -2.66. The first-order valence-electron chi connectivity index (χ1n) is 5.24. The van der Waals surface area contributed by atoms with Crippen molar-refractivity contribution in [3.63, 3.8) is 0 Å². The molecule has 8 N–H and O–H groups in total. The Labute approximate surface area is 104 Å². The molecule has 0 aromatic heterocycles. The summed E-state index contributed by atoms with van der Waals surface area (Å²) < 4.78 is 0. The van der Waals surface area contributed by atoms with E-state index in [0.717, 1.165) is 13.8 Å². The molecule has 0 aliphatic heterocycles. The molecule has 0 spiro atoms. The second-order valence-electron chi connectivity index (χ2n) is 4.49. The summed E-state index contributed by atoms with van der Waals surface area (Å²) in [4.78, 5) is 34.9. The van der Waals surface area contributed by atoms with E-state index in [1.165, 1.54) is 6.92 Å². The second-order valence-corrected chi connectivity index (χ2v) is 4.49. The molecule has 0 rings (SSSR count). The Morgan fingerprint density at radius 2 is 1.50 bits per heavy atom. The van der Waals surface area contributed by atoms with Gasteiger partial charge in [0, 0.05) is 0 Å². The van der Waals surface area contributed by atoms with Crippen LogP contribution < -0.4 is 17.2 Å². The van der Waals surface area contributed by atoms with E-state index < -0.39 is 40.8 Å². The maximum Gasteiger partial charge on any atom is 0.340 e. The molecule has 0 saturated heterocycles. The van der Waals surface area contributed by atoms with E-state index in [1.54, 1.807) is 0 Å². The number of hydrogen-bond acceptors (Lipinski definition) is 7. The second kappa shape index (κ2) is 5.11. The molecular formula is C10H19N3O5. The first kappa shape index (κ1) is 16.6. The summed E-state index contributed by atoms with van der Waals surface area (Å²) in [6, 6.07) is -1.15. The van der Waals surface area contributed by atoms with Crippen LogP contribution in [0, 0.1) is 5.41 Å². The van der Waals surface area contributed by atoms with Crippen molar-refractivity contribution in [2.24, 2.45) is 22.6 Å². The van der Waals surface area contributed by atoms with Gasteiger partial charge in [-0.05, 0) is 20.8 Å². The molecule has 18 heavy (non-hydrogen) atoms. The molecule has 0 aromatic rings. The average molecular weight is 261 g/mol. The third-order valence-electron chi connectivity index (χ3n) is 2.96. The number of carboxylic acids is 1. The van der Waals surface area contributed by atoms with Gasteiger partial charge >= 0.3 is 5.97 Å². The third kappa shape index (κ3) is 2.41. The molecule has 0 aromatic carbocycles. The van der Waals surface area contributed by atoms with Gasteiger partial charge in [0.15, 0.2) is 17.2 Å². The maximum atomic E-state index is 12.0. The highest BCUT2D eigenvalue weighted by atomic mass is 16.4. The van der Waals surface area contributed by atoms with Crippen molar-refractivity contribution in [1.29, 1.82) is 0 Å². The molecule has 104 valence electrons. The molecule has 0 bridgehead atoms. The summed E-state index contributed by atoms with van der Waals surface area (Å²) >= 11 is 0. The number of Topliss-reactive ketones (excluding diaryl/α,β-unsaturated/α-hetero) is 2. The summed E-state index contributed by atoms with van der Waals surface area (Å²) in [6.45, 7) is 3.34. The van der Waals surface area contributed by atoms with Crippen molar-refractivity contribution in [3.8, 4) is 0 Å². The zero-order valence-electron chi connectivity index (χ0n) is 10.5. The number of nitrogens with two attached hydrogens (primary N) is 3. The van der Waals surface area contributed by atoms with Gasteiger partial charge in [0.2, 0.25) is 0 Å². The number of aliphatic hydroxyl groups is 1. The molecule has 0 saturated carbocycles. The van der Waals surface area contributed by atoms with Crippen molar-refractivity contribution in [2.75, 3.05) is 0 Å². The number of rotatable bonds is 6. The molecule has 0 aliphatic carbocycles. The smallest absolute Gasteiger partial charge is 0.340 e. The van der Waals surface area contributed by atoms with Gasteiger partial charge in [-0.15, -0.1) is 0 Å². The quantitative estimate of drug-likeness (QED) is 0.259. The van der Waals surface area contributed by atoms with Crippen LogP contribution in [0.1, 0.15) is 20.8 Å². The normalized spacial score (nSPS) is 18.6. The van der Waals surface area contributed by atoms with Crippen LogP contribution in [0.25, 0.3) is 0 Å². The predicted molar refractivity (Wildman–Crippen MR) is 62.2 cm³/mol. The highest BCUT2D eigenvalue weighted by Crippen LogP contribution is 2.31. The van der Waals surface area contributed by atoms with E-state index in [1.807, 2.05) is 0 Å². The molecule has 0 fully saturated rings. The fraction of sp³-hybridized carbons (Fsp3) is 0.700. The molecule has 0 aliphatic rings. The Morgan fingerprint density at radius 3 is 1.72 bits per heavy atom. The van der Waals surface area contributed by atoms with Crippen molar-refractivity contribution >= 4 is 17.5 Å². The number of hydrogen-bond donors (Lipinski definition) is 5. The van der Waals surface area contributed by atoms with E-state index in [9.17, 15) is 19.5 Å². The molecule has 0 heterocycles. The SMILES string of the molecule is CC(N)C(=O)C(C)(C(=O)C(C)O)C(N)(N)C(=O)O. The summed E-state index contributed by atoms with van der Waals surface area (Å²) in [6.07, 6.45) is -1.59. The number of carboxylic acid groups (broad SMARTS) is 1. The Morgan fingerprint density at radius 1 is 1.11 bits per heavy atom. The van der Waals surface area contributed by atoms with Crippen LogP contribution in [-0.4, -0.2) is 45.6 Å². The van der Waals surface area contributed by atoms with Gasteiger partial charge in [-0.25, -0.2) is 4.79 Å². The van der Waals surface area contributed by atoms with Gasteiger partial charge in [0.1, 0.15) is 11.5 Å². The van der Waals surface area contributed by atoms with E-state index in [2.05, 4.69) is 0 Å². The molecular weight excluding hydrogens is 242 g/mol. The van der Waals surface area contributed by atoms with Crippen LogP contribution in [0.4, 0.5) is 0 Å². The summed E-state index contributed by atoms with van der Waals surface area (Å²) in [7, 11) is 0. The number of carbonyl (C=O) groups is 3. The van der Waals surface area contributed by atoms with Crippen LogP contribution in [0.5, 0.6) is 0 Å². The number of carbonyl (C=O) groups excluding carboxylic acids is 2. The monoisotopic (exact) mass is 261 g/mol. The largest absolute Gasteiger partial charge is 0.479 e. The van der Waals surface area contributed by atoms with E-state index in [0.29, 0.717) is 0 Å². The van der Waals surface area contributed by atoms with E-state index in [-0.39, 0.29) is 0 Å². The van der Waals surface area contributed by atoms with Crippen LogP contribution in [0.15, 0.2) is 0 Å². The minimum absolute atomic E-state index is 0.944. The number of ketones is 2. The first-order valence-corrected chi connectivity index (χ1v) is 5.24. The van der Waals surface area contributed by atoms with Crippen LogP contribution in [0.2, 0.25) is 0 Å². The lowest BCUT2D eigenvalue weighted by Crippen LogP contribution is -2.74. The molecule has 0 radical (unpaired) electrons. The van der Waals surface area contributed by atoms with Gasteiger partial charge in [-0.2, -0.15) is 0 Å². The summed E-state index contributed by atoms with van der Waals surface area (Å²) in [5, 5.41) is 18.2. The van der Waals surface area contributed by atoms with E-state index in [4.69, 9.17) is 22.3 Å². The molecule has 8 heteroatoms. The fourth-order valence-corrected chi connectivity index (χ4v) is 1.62. The van der Waals surface area contributed by atoms with E-state index >= 15 is 0 Å². The van der Waals surface area contributed by atoms with Crippen molar-refractivity contribution in [1.82, 2.24) is 0 Å². The lowest BCUT2D eigenvalue weighted by atomic mass is 9.68. The zero-order valence-corrected chi connectivity index (χ0v) is 10.5. The summed E-state index contributed by atoms with van der Waals surface area (Å²) in [5.74, 6) is -3.77. The van der Waals surface area contributed by atoms with Gasteiger partial charge in [0.05, 0.1) is 6.04 Å². The minimum Gasteiger partial charge on any atom is -0.479 e. The highest BCUT2D eigenvalue weighted by molar-refractivity contribution is 6.14. The standard InChI is InChI=1S/C10H19N3O5/c1-4(11)6(15)9(3,7(16)5(2)14)10(12,13)8(17)18/h4-5,14H,11-13H2,1-3H3,(H,17,18). The topological polar surface area (TPSA) is 170 Å². The highest BCUT2D eigenvalue weighted by Gasteiger charge is 2.59. The Balaban J connectivity index is 5.95. The zero-order chi connectivity index (χ0) is 14.9. The van der Waals surface area contributed by atoms with Crippen molar-refractivity contribution < 1.29 is 24.6 Å². The number of aliphatic hydroxyl groups excluding tert-OH is 1. The third-order valence-corrected chi connectivity index (χ3v) is 2.96. The Bertz CT molecular complexity index is 356. The van der Waals surface area contributed by atoms with Crippen LogP contribution in [-0.2, 0) is 14.4 Å². The van der Waals surface area contributed by atoms with Gasteiger partial charge < -0.3 is 27.4 Å². The van der Waals surface area contributed by atoms with Crippen molar-refractivity contribution in [2.45, 2.75) is 38.6 Å². The van der Waals surface area contributed by atoms with Gasteiger partial charge in [-0.3, -0.25) is 9.59 Å². The number of aliphatic carboxylic acids is 1. The first-order chi connectivity index (χ1) is 7.90. The maximum absolute atomic E-state index is 12.0. The lowest BCUT2D eigenvalue weighted by molar-refractivity contribution is -0.162. The predicted octanol–water partition coefficient (Wildman–Crippen LogP) is -2.44. The average Bonchev–Trinajstić information content (AvgIpc) is 2.24. The Hall–Kier alpha value is -1.35. The van der Waals surface area contributed by atoms with Gasteiger partial charge in [0.25, 0.3) is 0 Å². The van der Waals surface area contributed by atoms with Crippen molar-refractivity contribution in [3.05, 3.63) is 0 Å². The van der Waals surface area contributed by atoms with Gasteiger partial charge in [-0.1, -0.05) is 0 Å². The molecule has 3 unspecified atom stereocenters. The lowest BCUT2D eigenvalue weighted by Gasteiger charge is -2.39. The molecule has 8 nitrogen and oxygen atoms in total. The Kier molecular flexibility index (Phi) is 4.72. The van der Waals surface area contributed by atoms with Crippen LogP contribution >= 0.6 is 0 Å². The van der Waals surface area contributed by atoms with Crippen LogP contribution in [0.3, 0.4) is 0 Å². The summed E-state index contributed by atoms with van der Waals surface area (Å²) in [5.41, 5.74) is 11.2.